The van der Waals surface area contributed by atoms with Gasteiger partial charge in [0.05, 0.1) is 12.6 Å². The molecule has 2 N–H and O–H groups in total. The lowest BCUT2D eigenvalue weighted by molar-refractivity contribution is -0.134. The SMILES string of the molecule is C#CCC(N)C(=O)N(Cc1ccc(C)o1)C1CC1. The highest BCUT2D eigenvalue weighted by Gasteiger charge is 2.35. The van der Waals surface area contributed by atoms with Crippen molar-refractivity contribution in [2.24, 2.45) is 5.73 Å². The van der Waals surface area contributed by atoms with Gasteiger partial charge < -0.3 is 15.1 Å². The molecular formula is C14H18N2O2. The number of rotatable bonds is 5. The van der Waals surface area contributed by atoms with Crippen LogP contribution in [0.2, 0.25) is 0 Å². The fourth-order valence-corrected chi connectivity index (χ4v) is 1.94. The third-order valence-corrected chi connectivity index (χ3v) is 3.05. The molecule has 1 saturated carbocycles. The first-order valence-corrected chi connectivity index (χ1v) is 6.16. The summed E-state index contributed by atoms with van der Waals surface area (Å²) in [6.07, 6.45) is 7.54. The minimum absolute atomic E-state index is 0.0792. The van der Waals surface area contributed by atoms with Gasteiger partial charge in [-0.3, -0.25) is 4.79 Å². The van der Waals surface area contributed by atoms with Gasteiger partial charge in [-0.2, -0.15) is 0 Å². The molecule has 0 saturated heterocycles. The second kappa shape index (κ2) is 5.28. The van der Waals surface area contributed by atoms with Crippen LogP contribution in [0, 0.1) is 19.3 Å². The molecule has 4 nitrogen and oxygen atoms in total. The van der Waals surface area contributed by atoms with E-state index in [-0.39, 0.29) is 12.3 Å². The summed E-state index contributed by atoms with van der Waals surface area (Å²) in [5.74, 6) is 4.00. The molecule has 1 fully saturated rings. The monoisotopic (exact) mass is 246 g/mol. The zero-order chi connectivity index (χ0) is 13.1. The average molecular weight is 246 g/mol. The number of carbonyl (C=O) groups excluding carboxylic acids is 1. The van der Waals surface area contributed by atoms with E-state index in [4.69, 9.17) is 16.6 Å². The second-order valence-corrected chi connectivity index (χ2v) is 4.72. The smallest absolute Gasteiger partial charge is 0.241 e. The predicted octanol–water partition coefficient (Wildman–Crippen LogP) is 1.43. The Labute approximate surface area is 107 Å². The fourth-order valence-electron chi connectivity index (χ4n) is 1.94. The van der Waals surface area contributed by atoms with Gasteiger partial charge in [-0.1, -0.05) is 0 Å². The van der Waals surface area contributed by atoms with E-state index < -0.39 is 6.04 Å². The summed E-state index contributed by atoms with van der Waals surface area (Å²) in [5, 5.41) is 0. The summed E-state index contributed by atoms with van der Waals surface area (Å²) in [6, 6.07) is 3.48. The first-order valence-electron chi connectivity index (χ1n) is 6.16. The van der Waals surface area contributed by atoms with E-state index in [2.05, 4.69) is 5.92 Å². The topological polar surface area (TPSA) is 59.5 Å². The van der Waals surface area contributed by atoms with Gasteiger partial charge in [0, 0.05) is 12.5 Å². The van der Waals surface area contributed by atoms with Gasteiger partial charge in [0.15, 0.2) is 0 Å². The molecule has 1 aliphatic carbocycles. The summed E-state index contributed by atoms with van der Waals surface area (Å²) < 4.78 is 5.51. The van der Waals surface area contributed by atoms with Crippen LogP contribution in [0.4, 0.5) is 0 Å². The molecule has 1 heterocycles. The number of amides is 1. The van der Waals surface area contributed by atoms with E-state index in [0.717, 1.165) is 24.4 Å². The van der Waals surface area contributed by atoms with E-state index in [1.165, 1.54) is 0 Å². The Bertz CT molecular complexity index is 468. The minimum Gasteiger partial charge on any atom is -0.464 e. The van der Waals surface area contributed by atoms with Crippen molar-refractivity contribution in [1.29, 1.82) is 0 Å². The lowest BCUT2D eigenvalue weighted by Gasteiger charge is -2.24. The Kier molecular flexibility index (Phi) is 3.73. The molecule has 1 amide bonds. The number of nitrogens with zero attached hydrogens (tertiary/aromatic N) is 1. The van der Waals surface area contributed by atoms with Crippen LogP contribution >= 0.6 is 0 Å². The van der Waals surface area contributed by atoms with Crippen molar-refractivity contribution >= 4 is 5.91 Å². The number of aryl methyl sites for hydroxylation is 1. The van der Waals surface area contributed by atoms with Crippen LogP contribution in [0.5, 0.6) is 0 Å². The number of furan rings is 1. The van der Waals surface area contributed by atoms with Crippen LogP contribution in [0.25, 0.3) is 0 Å². The molecule has 96 valence electrons. The minimum atomic E-state index is -0.605. The highest BCUT2D eigenvalue weighted by atomic mass is 16.3. The summed E-state index contributed by atoms with van der Waals surface area (Å²) in [6.45, 7) is 2.37. The molecule has 1 aromatic rings. The Morgan fingerprint density at radius 2 is 2.39 bits per heavy atom. The standard InChI is InChI=1S/C14H18N2O2/c1-3-4-13(15)14(17)16(11-6-7-11)9-12-8-5-10(2)18-12/h1,5,8,11,13H,4,6-7,9,15H2,2H3. The highest BCUT2D eigenvalue weighted by molar-refractivity contribution is 5.82. The van der Waals surface area contributed by atoms with Crippen LogP contribution in [0.1, 0.15) is 30.8 Å². The molecule has 1 aliphatic rings. The zero-order valence-corrected chi connectivity index (χ0v) is 10.6. The van der Waals surface area contributed by atoms with Crippen molar-refractivity contribution in [3.63, 3.8) is 0 Å². The molecule has 1 atom stereocenters. The summed E-state index contributed by atoms with van der Waals surface area (Å²) >= 11 is 0. The van der Waals surface area contributed by atoms with Crippen molar-refractivity contribution in [2.45, 2.75) is 44.8 Å². The molecule has 0 radical (unpaired) electrons. The molecular weight excluding hydrogens is 228 g/mol. The molecule has 0 aliphatic heterocycles. The number of carbonyl (C=O) groups is 1. The highest BCUT2D eigenvalue weighted by Crippen LogP contribution is 2.29. The van der Waals surface area contributed by atoms with Crippen molar-refractivity contribution in [2.75, 3.05) is 0 Å². The van der Waals surface area contributed by atoms with Crippen LogP contribution in [0.15, 0.2) is 16.5 Å². The normalized spacial score (nSPS) is 16.1. The van der Waals surface area contributed by atoms with Gasteiger partial charge >= 0.3 is 0 Å². The lowest BCUT2D eigenvalue weighted by atomic mass is 10.2. The zero-order valence-electron chi connectivity index (χ0n) is 10.6. The summed E-state index contributed by atoms with van der Waals surface area (Å²) in [5.41, 5.74) is 5.79. The second-order valence-electron chi connectivity index (χ2n) is 4.72. The first-order chi connectivity index (χ1) is 8.61. The largest absolute Gasteiger partial charge is 0.464 e. The number of nitrogens with two attached hydrogens (primary N) is 1. The molecule has 4 heteroatoms. The van der Waals surface area contributed by atoms with E-state index in [0.29, 0.717) is 12.6 Å². The maximum absolute atomic E-state index is 12.2. The van der Waals surface area contributed by atoms with Crippen LogP contribution < -0.4 is 5.73 Å². The third-order valence-electron chi connectivity index (χ3n) is 3.05. The Morgan fingerprint density at radius 1 is 1.67 bits per heavy atom. The number of hydrogen-bond acceptors (Lipinski definition) is 3. The van der Waals surface area contributed by atoms with Gasteiger partial charge in [0.1, 0.15) is 11.5 Å². The van der Waals surface area contributed by atoms with Crippen molar-refractivity contribution in [1.82, 2.24) is 4.90 Å². The molecule has 2 rings (SSSR count). The van der Waals surface area contributed by atoms with Crippen molar-refractivity contribution in [3.8, 4) is 12.3 Å². The van der Waals surface area contributed by atoms with Gasteiger partial charge in [0.2, 0.25) is 5.91 Å². The van der Waals surface area contributed by atoms with E-state index in [1.54, 1.807) is 4.90 Å². The van der Waals surface area contributed by atoms with Gasteiger partial charge in [-0.25, -0.2) is 0 Å². The number of terminal acetylenes is 1. The van der Waals surface area contributed by atoms with E-state index in [1.807, 2.05) is 19.1 Å². The predicted molar refractivity (Wildman–Crippen MR) is 68.4 cm³/mol. The average Bonchev–Trinajstić information content (AvgIpc) is 3.09. The Balaban J connectivity index is 2.04. The van der Waals surface area contributed by atoms with Crippen molar-refractivity contribution < 1.29 is 9.21 Å². The molecule has 1 unspecified atom stereocenters. The Hall–Kier alpha value is -1.73. The van der Waals surface area contributed by atoms with E-state index in [9.17, 15) is 4.79 Å². The molecule has 0 bridgehead atoms. The fraction of sp³-hybridized carbons (Fsp3) is 0.500. The third kappa shape index (κ3) is 2.93. The van der Waals surface area contributed by atoms with Crippen molar-refractivity contribution in [3.05, 3.63) is 23.7 Å². The number of hydrogen-bond donors (Lipinski definition) is 1. The molecule has 0 spiro atoms. The maximum atomic E-state index is 12.2. The molecule has 1 aromatic heterocycles. The maximum Gasteiger partial charge on any atom is 0.241 e. The lowest BCUT2D eigenvalue weighted by Crippen LogP contribution is -2.44. The van der Waals surface area contributed by atoms with Gasteiger partial charge in [-0.05, 0) is 31.9 Å². The van der Waals surface area contributed by atoms with Gasteiger partial charge in [0.25, 0.3) is 0 Å². The molecule has 18 heavy (non-hydrogen) atoms. The van der Waals surface area contributed by atoms with Crippen LogP contribution in [-0.4, -0.2) is 22.9 Å². The van der Waals surface area contributed by atoms with E-state index >= 15 is 0 Å². The van der Waals surface area contributed by atoms with Crippen LogP contribution in [-0.2, 0) is 11.3 Å². The summed E-state index contributed by atoms with van der Waals surface area (Å²) in [7, 11) is 0. The summed E-state index contributed by atoms with van der Waals surface area (Å²) in [4.78, 5) is 14.0. The molecule has 0 aromatic carbocycles. The van der Waals surface area contributed by atoms with Crippen LogP contribution in [0.3, 0.4) is 0 Å². The van der Waals surface area contributed by atoms with Gasteiger partial charge in [-0.15, -0.1) is 12.3 Å². The quantitative estimate of drug-likeness (QED) is 0.799. The Morgan fingerprint density at radius 3 is 2.89 bits per heavy atom. The first kappa shape index (κ1) is 12.7.